The van der Waals surface area contributed by atoms with Crippen LogP contribution < -0.4 is 4.74 Å². The minimum Gasteiger partial charge on any atom is -0.497 e. The minimum atomic E-state index is -0.778. The lowest BCUT2D eigenvalue weighted by molar-refractivity contribution is -0.121. The molecule has 0 aliphatic carbocycles. The fraction of sp³-hybridized carbons (Fsp3) is 0.412. The van der Waals surface area contributed by atoms with E-state index in [9.17, 15) is 14.3 Å². The summed E-state index contributed by atoms with van der Waals surface area (Å²) in [5.41, 5.74) is 0.834. The number of Topliss-reactive ketones (excluding diaryl/α,β-unsaturated/α-hetero) is 1. The van der Waals surface area contributed by atoms with Crippen LogP contribution in [-0.4, -0.2) is 47.5 Å². The first kappa shape index (κ1) is 15.8. The molecule has 0 bridgehead atoms. The average molecular weight is 318 g/mol. The smallest absolute Gasteiger partial charge is 0.153 e. The van der Waals surface area contributed by atoms with Gasteiger partial charge in [0.25, 0.3) is 0 Å². The molecule has 122 valence electrons. The summed E-state index contributed by atoms with van der Waals surface area (Å²) in [6.45, 7) is 1.71. The van der Waals surface area contributed by atoms with Crippen LogP contribution in [0.5, 0.6) is 5.75 Å². The number of piperidine rings is 1. The number of ether oxygens (including phenoxy) is 1. The summed E-state index contributed by atoms with van der Waals surface area (Å²) in [7, 11) is 1.47. The molecule has 0 saturated carbocycles. The van der Waals surface area contributed by atoms with Gasteiger partial charge in [0.05, 0.1) is 13.2 Å². The number of aliphatic hydroxyl groups excluding tert-OH is 1. The highest BCUT2D eigenvalue weighted by Gasteiger charge is 2.21. The van der Waals surface area contributed by atoms with Crippen molar-refractivity contribution in [3.05, 3.63) is 35.8 Å². The predicted molar refractivity (Wildman–Crippen MR) is 83.9 cm³/mol. The lowest BCUT2D eigenvalue weighted by atomic mass is 10.0. The summed E-state index contributed by atoms with van der Waals surface area (Å²) in [6, 6.07) is 4.66. The molecule has 1 aliphatic rings. The molecule has 2 aromatic rings. The molecule has 1 N–H and O–H groups in total. The van der Waals surface area contributed by atoms with Crippen LogP contribution in [-0.2, 0) is 4.79 Å². The second-order valence-corrected chi connectivity index (χ2v) is 5.76. The van der Waals surface area contributed by atoms with Gasteiger partial charge in [-0.05, 0) is 17.7 Å². The van der Waals surface area contributed by atoms with Crippen LogP contribution >= 0.6 is 0 Å². The summed E-state index contributed by atoms with van der Waals surface area (Å²) < 4.78 is 19.2. The first-order valence-electron chi connectivity index (χ1n) is 7.62. The molecule has 0 unspecified atom stereocenters. The number of aliphatic hydroxyl groups is 1. The number of nitrogens with zero attached hydrogens (tertiary/aromatic N) is 2. The fourth-order valence-electron chi connectivity index (χ4n) is 2.94. The Hall–Kier alpha value is -2.05. The van der Waals surface area contributed by atoms with E-state index < -0.39 is 11.9 Å². The van der Waals surface area contributed by atoms with Crippen molar-refractivity contribution < 1.29 is 19.0 Å². The number of rotatable bonds is 4. The van der Waals surface area contributed by atoms with Gasteiger partial charge in [-0.1, -0.05) is 0 Å². The third-order valence-corrected chi connectivity index (χ3v) is 4.25. The van der Waals surface area contributed by atoms with Crippen LogP contribution in [0, 0.1) is 5.82 Å². The van der Waals surface area contributed by atoms with Gasteiger partial charge in [0.2, 0.25) is 0 Å². The Morgan fingerprint density at radius 1 is 1.39 bits per heavy atom. The number of benzene rings is 1. The quantitative estimate of drug-likeness (QED) is 0.935. The first-order chi connectivity index (χ1) is 11.1. The van der Waals surface area contributed by atoms with Gasteiger partial charge in [0, 0.05) is 50.1 Å². The van der Waals surface area contributed by atoms with Gasteiger partial charge in [-0.25, -0.2) is 4.39 Å². The molecule has 1 aromatic carbocycles. The van der Waals surface area contributed by atoms with Crippen LogP contribution in [0.15, 0.2) is 24.4 Å². The van der Waals surface area contributed by atoms with E-state index >= 15 is 0 Å². The molecule has 23 heavy (non-hydrogen) atoms. The zero-order valence-electron chi connectivity index (χ0n) is 13.0. The summed E-state index contributed by atoms with van der Waals surface area (Å²) >= 11 is 0. The Morgan fingerprint density at radius 3 is 2.83 bits per heavy atom. The molecular weight excluding hydrogens is 299 g/mol. The van der Waals surface area contributed by atoms with E-state index in [-0.39, 0.29) is 11.3 Å². The Balaban J connectivity index is 1.89. The van der Waals surface area contributed by atoms with Crippen molar-refractivity contribution >= 4 is 16.7 Å². The molecule has 1 atom stereocenters. The van der Waals surface area contributed by atoms with E-state index in [0.29, 0.717) is 49.2 Å². The molecule has 1 fully saturated rings. The van der Waals surface area contributed by atoms with E-state index in [4.69, 9.17) is 4.74 Å². The van der Waals surface area contributed by atoms with Gasteiger partial charge in [0.1, 0.15) is 17.0 Å². The zero-order chi connectivity index (χ0) is 16.4. The first-order valence-corrected chi connectivity index (χ1v) is 7.62. The van der Waals surface area contributed by atoms with Crippen LogP contribution in [0.25, 0.3) is 10.9 Å². The standard InChI is InChI=1S/C17H19FN2O3/c1-23-12-8-14-13(2-5-19-17(14)15(18)9-12)16(22)10-20-6-3-11(21)4-7-20/h2,5,8-9,16,22H,3-4,6-7,10H2,1H3/t16-/m0/s1. The largest absolute Gasteiger partial charge is 0.497 e. The Bertz CT molecular complexity index is 725. The number of likely N-dealkylation sites (tertiary alicyclic amines) is 1. The highest BCUT2D eigenvalue weighted by atomic mass is 19.1. The van der Waals surface area contributed by atoms with Crippen molar-refractivity contribution in [3.63, 3.8) is 0 Å². The normalized spacial score (nSPS) is 17.4. The lowest BCUT2D eigenvalue weighted by Crippen LogP contribution is -2.36. The third kappa shape index (κ3) is 3.33. The second-order valence-electron chi connectivity index (χ2n) is 5.76. The van der Waals surface area contributed by atoms with Crippen LogP contribution in [0.2, 0.25) is 0 Å². The Kier molecular flexibility index (Phi) is 4.54. The Morgan fingerprint density at radius 2 is 2.13 bits per heavy atom. The highest BCUT2D eigenvalue weighted by Crippen LogP contribution is 2.29. The number of halogens is 1. The molecule has 0 radical (unpaired) electrons. The SMILES string of the molecule is COc1cc(F)c2nccc([C@@H](O)CN3CCC(=O)CC3)c2c1. The summed E-state index contributed by atoms with van der Waals surface area (Å²) in [6.07, 6.45) is 1.76. The molecule has 1 aromatic heterocycles. The average Bonchev–Trinajstić information content (AvgIpc) is 2.56. The molecule has 3 rings (SSSR count). The number of hydrogen-bond donors (Lipinski definition) is 1. The van der Waals surface area contributed by atoms with Crippen molar-refractivity contribution in [1.29, 1.82) is 0 Å². The van der Waals surface area contributed by atoms with Gasteiger partial charge in [0.15, 0.2) is 5.82 Å². The number of pyridine rings is 1. The second kappa shape index (κ2) is 6.60. The molecule has 5 nitrogen and oxygen atoms in total. The number of carbonyl (C=O) groups is 1. The number of carbonyl (C=O) groups excluding carboxylic acids is 1. The lowest BCUT2D eigenvalue weighted by Gasteiger charge is -2.28. The number of ketones is 1. The van der Waals surface area contributed by atoms with Crippen molar-refractivity contribution in [3.8, 4) is 5.75 Å². The van der Waals surface area contributed by atoms with Crippen molar-refractivity contribution in [2.45, 2.75) is 18.9 Å². The van der Waals surface area contributed by atoms with Gasteiger partial charge >= 0.3 is 0 Å². The number of β-amino-alcohol motifs (C(OH)–C–C–N with tert-alkyl or cyclic N) is 1. The summed E-state index contributed by atoms with van der Waals surface area (Å²) in [5, 5.41) is 11.1. The third-order valence-electron chi connectivity index (χ3n) is 4.25. The maximum absolute atomic E-state index is 14.1. The minimum absolute atomic E-state index is 0.219. The monoisotopic (exact) mass is 318 g/mol. The highest BCUT2D eigenvalue weighted by molar-refractivity contribution is 5.84. The predicted octanol–water partition coefficient (Wildman–Crippen LogP) is 2.08. The van der Waals surface area contributed by atoms with Crippen molar-refractivity contribution in [1.82, 2.24) is 9.88 Å². The van der Waals surface area contributed by atoms with E-state index in [1.807, 2.05) is 0 Å². The van der Waals surface area contributed by atoms with Crippen LogP contribution in [0.1, 0.15) is 24.5 Å². The Labute approximate surface area is 133 Å². The van der Waals surface area contributed by atoms with E-state index in [2.05, 4.69) is 9.88 Å². The van der Waals surface area contributed by atoms with Gasteiger partial charge < -0.3 is 9.84 Å². The number of fused-ring (bicyclic) bond motifs is 1. The van der Waals surface area contributed by atoms with E-state index in [0.717, 1.165) is 0 Å². The zero-order valence-corrected chi connectivity index (χ0v) is 13.0. The van der Waals surface area contributed by atoms with Gasteiger partial charge in [-0.15, -0.1) is 0 Å². The van der Waals surface area contributed by atoms with Crippen molar-refractivity contribution in [2.24, 2.45) is 0 Å². The summed E-state index contributed by atoms with van der Waals surface area (Å²) in [4.78, 5) is 17.4. The fourth-order valence-corrected chi connectivity index (χ4v) is 2.94. The van der Waals surface area contributed by atoms with Crippen LogP contribution in [0.3, 0.4) is 0 Å². The number of hydrogen-bond acceptors (Lipinski definition) is 5. The molecule has 1 aliphatic heterocycles. The van der Waals surface area contributed by atoms with E-state index in [1.165, 1.54) is 19.4 Å². The van der Waals surface area contributed by atoms with Gasteiger partial charge in [-0.3, -0.25) is 14.7 Å². The maximum atomic E-state index is 14.1. The number of aromatic nitrogens is 1. The molecule has 6 heteroatoms. The number of methoxy groups -OCH3 is 1. The molecule has 2 heterocycles. The molecule has 1 saturated heterocycles. The maximum Gasteiger partial charge on any atom is 0.153 e. The van der Waals surface area contributed by atoms with Gasteiger partial charge in [-0.2, -0.15) is 0 Å². The van der Waals surface area contributed by atoms with Crippen LogP contribution in [0.4, 0.5) is 4.39 Å². The summed E-state index contributed by atoms with van der Waals surface area (Å²) in [5.74, 6) is 0.175. The topological polar surface area (TPSA) is 62.7 Å². The van der Waals surface area contributed by atoms with E-state index in [1.54, 1.807) is 12.1 Å². The molecule has 0 amide bonds. The van der Waals surface area contributed by atoms with Crippen molar-refractivity contribution in [2.75, 3.05) is 26.7 Å². The molecular formula is C17H19FN2O3. The molecule has 0 spiro atoms.